The van der Waals surface area contributed by atoms with Gasteiger partial charge in [-0.15, -0.1) is 0 Å². The minimum absolute atomic E-state index is 0.140. The molecule has 3 aliphatic carbocycles. The van der Waals surface area contributed by atoms with Gasteiger partial charge in [0.2, 0.25) is 0 Å². The van der Waals surface area contributed by atoms with Crippen LogP contribution in [-0.4, -0.2) is 73.9 Å². The van der Waals surface area contributed by atoms with Crippen LogP contribution in [-0.2, 0) is 16.5 Å². The molecule has 2 saturated carbocycles. The van der Waals surface area contributed by atoms with Crippen molar-refractivity contribution in [3.05, 3.63) is 82.7 Å². The highest BCUT2D eigenvalue weighted by Gasteiger charge is 2.44. The third-order valence-electron chi connectivity index (χ3n) is 9.50. The Hall–Kier alpha value is -4.18. The van der Waals surface area contributed by atoms with E-state index in [4.69, 9.17) is 14.5 Å². The Morgan fingerprint density at radius 2 is 1.75 bits per heavy atom. The molecule has 2 atom stereocenters. The minimum atomic E-state index is -0.514. The summed E-state index contributed by atoms with van der Waals surface area (Å²) >= 11 is 0. The maximum atomic E-state index is 13.3. The molecule has 230 valence electrons. The lowest BCUT2D eigenvalue weighted by molar-refractivity contribution is 0.0380. The highest BCUT2D eigenvalue weighted by atomic mass is 16.6. The number of nitrogens with zero attached hydrogens (tertiary/aromatic N) is 5. The Morgan fingerprint density at radius 3 is 2.43 bits per heavy atom. The van der Waals surface area contributed by atoms with Crippen molar-refractivity contribution in [3.8, 4) is 0 Å². The van der Waals surface area contributed by atoms with E-state index in [-0.39, 0.29) is 17.7 Å². The zero-order valence-electron chi connectivity index (χ0n) is 25.9. The van der Waals surface area contributed by atoms with E-state index in [1.165, 1.54) is 0 Å². The zero-order chi connectivity index (χ0) is 30.6. The van der Waals surface area contributed by atoms with Gasteiger partial charge < -0.3 is 24.3 Å². The number of amides is 2. The third-order valence-corrected chi connectivity index (χ3v) is 9.50. The highest BCUT2D eigenvalue weighted by Crippen LogP contribution is 2.45. The molecule has 1 unspecified atom stereocenters. The number of alkyl carbamates (subject to hydrolysis) is 1. The van der Waals surface area contributed by atoms with Crippen molar-refractivity contribution >= 4 is 23.8 Å². The number of rotatable bonds is 6. The number of nitrogens with one attached hydrogen (secondary N) is 1. The van der Waals surface area contributed by atoms with Gasteiger partial charge in [-0.1, -0.05) is 29.8 Å². The molecule has 3 aromatic rings. The van der Waals surface area contributed by atoms with Crippen LogP contribution < -0.4 is 5.32 Å². The molecule has 44 heavy (non-hydrogen) atoms. The molecule has 2 amide bonds. The van der Waals surface area contributed by atoms with E-state index in [0.29, 0.717) is 26.2 Å². The maximum Gasteiger partial charge on any atom is 0.410 e. The van der Waals surface area contributed by atoms with Crippen LogP contribution in [0.4, 0.5) is 9.59 Å². The molecule has 0 spiro atoms. The third kappa shape index (κ3) is 5.58. The number of carbonyl (C=O) groups excluding carboxylic acids is 2. The van der Waals surface area contributed by atoms with Crippen LogP contribution in [0.2, 0.25) is 0 Å². The van der Waals surface area contributed by atoms with Crippen molar-refractivity contribution in [1.82, 2.24) is 29.7 Å². The largest absolute Gasteiger partial charge is 0.443 e. The van der Waals surface area contributed by atoms with Gasteiger partial charge in [0.05, 0.1) is 36.0 Å². The Kier molecular flexibility index (Phi) is 6.99. The monoisotopic (exact) mass is 596 g/mol. The minimum Gasteiger partial charge on any atom is -0.443 e. The summed E-state index contributed by atoms with van der Waals surface area (Å²) < 4.78 is 13.5. The molecular formula is C34H40N6O4. The van der Waals surface area contributed by atoms with E-state index in [2.05, 4.69) is 52.5 Å². The summed E-state index contributed by atoms with van der Waals surface area (Å²) in [6.45, 7) is 8.58. The van der Waals surface area contributed by atoms with Crippen LogP contribution in [0.1, 0.15) is 85.3 Å². The Balaban J connectivity index is 1.26. The number of hydrogen-bond donors (Lipinski definition) is 1. The van der Waals surface area contributed by atoms with Gasteiger partial charge in [-0.25, -0.2) is 14.6 Å². The molecule has 3 fully saturated rings. The second-order valence-corrected chi connectivity index (χ2v) is 13.3. The number of aromatic nitrogens is 3. The van der Waals surface area contributed by atoms with Crippen molar-refractivity contribution in [2.24, 2.45) is 7.05 Å². The van der Waals surface area contributed by atoms with E-state index in [9.17, 15) is 9.59 Å². The molecule has 1 aliphatic heterocycles. The SMILES string of the molecule is Cc1ccc2c(c1)C(C(NC(=O)OC1(C)CC1)c1cncn1C)=Cc1cccnc1[C@H]2N1CCN(C(=O)OC2(C)CC2)CC1. The van der Waals surface area contributed by atoms with Crippen LogP contribution in [0.5, 0.6) is 0 Å². The number of fused-ring (bicyclic) bond motifs is 2. The van der Waals surface area contributed by atoms with Crippen molar-refractivity contribution in [2.45, 2.75) is 69.7 Å². The van der Waals surface area contributed by atoms with E-state index >= 15 is 0 Å². The first-order chi connectivity index (χ1) is 21.1. The fourth-order valence-electron chi connectivity index (χ4n) is 6.26. The number of carbonyl (C=O) groups is 2. The van der Waals surface area contributed by atoms with Crippen LogP contribution in [0.3, 0.4) is 0 Å². The zero-order valence-corrected chi connectivity index (χ0v) is 25.9. The quantitative estimate of drug-likeness (QED) is 0.407. The summed E-state index contributed by atoms with van der Waals surface area (Å²) in [5, 5.41) is 3.20. The molecule has 3 heterocycles. The fourth-order valence-corrected chi connectivity index (χ4v) is 6.26. The average Bonchev–Trinajstić information content (AvgIpc) is 3.88. The number of ether oxygens (including phenoxy) is 2. The lowest BCUT2D eigenvalue weighted by atomic mass is 9.88. The van der Waals surface area contributed by atoms with Crippen molar-refractivity contribution < 1.29 is 19.1 Å². The first-order valence-corrected chi connectivity index (χ1v) is 15.6. The first-order valence-electron chi connectivity index (χ1n) is 15.6. The number of imidazole rings is 1. The molecule has 1 N–H and O–H groups in total. The van der Waals surface area contributed by atoms with Gasteiger partial charge >= 0.3 is 12.2 Å². The van der Waals surface area contributed by atoms with Gasteiger partial charge in [0.25, 0.3) is 0 Å². The van der Waals surface area contributed by atoms with Gasteiger partial charge in [0.1, 0.15) is 11.2 Å². The summed E-state index contributed by atoms with van der Waals surface area (Å²) in [7, 11) is 1.94. The lowest BCUT2D eigenvalue weighted by Gasteiger charge is -2.39. The summed E-state index contributed by atoms with van der Waals surface area (Å²) in [6, 6.07) is 9.90. The molecule has 2 aromatic heterocycles. The molecular weight excluding hydrogens is 556 g/mol. The number of pyridine rings is 1. The normalized spacial score (nSPS) is 22.0. The van der Waals surface area contributed by atoms with Gasteiger partial charge in [-0.05, 0) is 80.9 Å². The number of aryl methyl sites for hydroxylation is 2. The Bertz CT molecular complexity index is 1630. The van der Waals surface area contributed by atoms with Crippen molar-refractivity contribution in [3.63, 3.8) is 0 Å². The number of benzene rings is 1. The van der Waals surface area contributed by atoms with Gasteiger partial charge in [0, 0.05) is 39.4 Å². The molecule has 1 aromatic carbocycles. The lowest BCUT2D eigenvalue weighted by Crippen LogP contribution is -2.50. The standard InChI is InChI=1S/C34H40N6O4/c1-22-7-8-24-25(18-22)26(29(27-20-35-21-38(27)4)37-31(41)43-33(2)9-10-33)19-23-6-5-13-36-28(23)30(24)39-14-16-40(17-15-39)32(42)44-34(3)11-12-34/h5-8,13,18-21,29-30H,9-12,14-17H2,1-4H3,(H,37,41)/t29?,30-/m0/s1. The van der Waals surface area contributed by atoms with Gasteiger partial charge in [-0.2, -0.15) is 0 Å². The average molecular weight is 597 g/mol. The summed E-state index contributed by atoms with van der Waals surface area (Å²) in [5.74, 6) is 0. The van der Waals surface area contributed by atoms with E-state index < -0.39 is 17.7 Å². The van der Waals surface area contributed by atoms with Crippen LogP contribution >= 0.6 is 0 Å². The van der Waals surface area contributed by atoms with E-state index in [0.717, 1.165) is 64.9 Å². The number of hydrogen-bond acceptors (Lipinski definition) is 7. The van der Waals surface area contributed by atoms with E-state index in [1.54, 1.807) is 12.5 Å². The first kappa shape index (κ1) is 28.6. The second kappa shape index (κ2) is 10.8. The van der Waals surface area contributed by atoms with Crippen LogP contribution in [0.15, 0.2) is 49.1 Å². The molecule has 0 radical (unpaired) electrons. The van der Waals surface area contributed by atoms with Crippen LogP contribution in [0, 0.1) is 6.92 Å². The topological polar surface area (TPSA) is 102 Å². The van der Waals surface area contributed by atoms with Crippen molar-refractivity contribution in [2.75, 3.05) is 26.2 Å². The van der Waals surface area contributed by atoms with Gasteiger partial charge in [0.15, 0.2) is 0 Å². The van der Waals surface area contributed by atoms with Gasteiger partial charge in [-0.3, -0.25) is 9.88 Å². The molecule has 0 bridgehead atoms. The highest BCUT2D eigenvalue weighted by molar-refractivity contribution is 5.90. The second-order valence-electron chi connectivity index (χ2n) is 13.3. The summed E-state index contributed by atoms with van der Waals surface area (Å²) in [5.41, 5.74) is 6.30. The molecule has 1 saturated heterocycles. The van der Waals surface area contributed by atoms with E-state index in [1.807, 2.05) is 42.6 Å². The summed E-state index contributed by atoms with van der Waals surface area (Å²) in [4.78, 5) is 39.7. The molecule has 10 nitrogen and oxygen atoms in total. The fraction of sp³-hybridized carbons (Fsp3) is 0.471. The smallest absolute Gasteiger partial charge is 0.410 e. The predicted octanol–water partition coefficient (Wildman–Crippen LogP) is 5.39. The number of piperazine rings is 1. The molecule has 10 heteroatoms. The Morgan fingerprint density at radius 1 is 1.02 bits per heavy atom. The predicted molar refractivity (Wildman–Crippen MR) is 166 cm³/mol. The van der Waals surface area contributed by atoms with Crippen LogP contribution in [0.25, 0.3) is 11.6 Å². The van der Waals surface area contributed by atoms with Crippen molar-refractivity contribution in [1.29, 1.82) is 0 Å². The summed E-state index contributed by atoms with van der Waals surface area (Å²) in [6.07, 6.45) is 10.5. The molecule has 7 rings (SSSR count). The molecule has 4 aliphatic rings. The maximum absolute atomic E-state index is 13.3. The Labute approximate surface area is 258 Å².